The van der Waals surface area contributed by atoms with Crippen molar-refractivity contribution in [1.82, 2.24) is 14.1 Å². The van der Waals surface area contributed by atoms with Crippen molar-refractivity contribution in [3.05, 3.63) is 105 Å². The molecule has 0 aliphatic rings. The molecule has 0 fully saturated rings. The van der Waals surface area contributed by atoms with Gasteiger partial charge in [-0.15, -0.1) is 0 Å². The molecule has 0 bridgehead atoms. The highest BCUT2D eigenvalue weighted by atomic mass is 19.1. The summed E-state index contributed by atoms with van der Waals surface area (Å²) in [6, 6.07) is 15.3. The van der Waals surface area contributed by atoms with E-state index in [9.17, 15) is 24.3 Å². The van der Waals surface area contributed by atoms with Gasteiger partial charge in [0.15, 0.2) is 0 Å². The van der Waals surface area contributed by atoms with Gasteiger partial charge in [0.25, 0.3) is 0 Å². The lowest BCUT2D eigenvalue weighted by Crippen LogP contribution is -2.31. The number of rotatable bonds is 6. The van der Waals surface area contributed by atoms with Crippen molar-refractivity contribution >= 4 is 27.9 Å². The molecule has 2 heterocycles. The second-order valence-electron chi connectivity index (χ2n) is 9.35. The lowest BCUT2D eigenvalue weighted by Gasteiger charge is -2.18. The summed E-state index contributed by atoms with van der Waals surface area (Å²) in [5, 5.41) is 20.3. The van der Waals surface area contributed by atoms with Crippen LogP contribution in [0.5, 0.6) is 0 Å². The minimum atomic E-state index is -1.10. The first-order valence-corrected chi connectivity index (χ1v) is 11.9. The molecule has 2 N–H and O–H groups in total. The molecule has 0 amide bonds. The van der Waals surface area contributed by atoms with Gasteiger partial charge < -0.3 is 10.1 Å². The average molecular weight is 497 g/mol. The minimum absolute atomic E-state index is 0.345. The lowest BCUT2D eigenvalue weighted by molar-refractivity contribution is -0.137. The fourth-order valence-electron chi connectivity index (χ4n) is 5.20. The minimum Gasteiger partial charge on any atom is -0.481 e. The molecule has 5 rings (SSSR count). The Morgan fingerprint density at radius 2 is 1.81 bits per heavy atom. The molecule has 2 aromatic heterocycles. The summed E-state index contributed by atoms with van der Waals surface area (Å²) in [6.45, 7) is 6.01. The normalized spacial score (nSPS) is 13.1. The maximum Gasteiger partial charge on any atom is 0.330 e. The van der Waals surface area contributed by atoms with Crippen molar-refractivity contribution in [3.63, 3.8) is 0 Å². The van der Waals surface area contributed by atoms with Crippen LogP contribution in [0.4, 0.5) is 4.39 Å². The van der Waals surface area contributed by atoms with E-state index in [0.29, 0.717) is 22.2 Å². The van der Waals surface area contributed by atoms with Crippen molar-refractivity contribution in [1.29, 1.82) is 5.26 Å². The number of nitrogens with one attached hydrogen (secondary N) is 1. The number of aromatic amines is 1. The molecule has 0 aliphatic carbocycles. The maximum atomic E-state index is 14.1. The number of imidazole rings is 1. The first-order valence-electron chi connectivity index (χ1n) is 11.9. The van der Waals surface area contributed by atoms with Gasteiger partial charge in [0, 0.05) is 22.7 Å². The predicted octanol–water partition coefficient (Wildman–Crippen LogP) is 5.59. The van der Waals surface area contributed by atoms with Crippen LogP contribution in [0, 0.1) is 31.0 Å². The van der Waals surface area contributed by atoms with E-state index in [4.69, 9.17) is 0 Å². The van der Waals surface area contributed by atoms with Gasteiger partial charge in [-0.1, -0.05) is 18.2 Å². The van der Waals surface area contributed by atoms with Gasteiger partial charge in [-0.2, -0.15) is 5.26 Å². The second-order valence-corrected chi connectivity index (χ2v) is 9.35. The molecule has 0 spiro atoms. The van der Waals surface area contributed by atoms with E-state index >= 15 is 0 Å². The molecule has 0 radical (unpaired) electrons. The van der Waals surface area contributed by atoms with Crippen molar-refractivity contribution < 1.29 is 14.3 Å². The number of carbonyl (C=O) groups is 1. The predicted molar refractivity (Wildman–Crippen MR) is 139 cm³/mol. The first kappa shape index (κ1) is 24.1. The van der Waals surface area contributed by atoms with Gasteiger partial charge in [0.2, 0.25) is 0 Å². The van der Waals surface area contributed by atoms with Crippen LogP contribution in [0.1, 0.15) is 53.2 Å². The number of fused-ring (bicyclic) bond motifs is 2. The zero-order valence-electron chi connectivity index (χ0n) is 20.6. The topological polar surface area (TPSA) is 104 Å². The summed E-state index contributed by atoms with van der Waals surface area (Å²) in [6.07, 6.45) is 1.51. The second kappa shape index (κ2) is 9.10. The Morgan fingerprint density at radius 1 is 1.08 bits per heavy atom. The molecule has 3 aromatic carbocycles. The number of halogens is 1. The molecular formula is C29H25FN4O3. The molecule has 0 saturated heterocycles. The van der Waals surface area contributed by atoms with Gasteiger partial charge in [0.1, 0.15) is 5.82 Å². The Balaban J connectivity index is 1.80. The zero-order valence-corrected chi connectivity index (χ0v) is 20.6. The lowest BCUT2D eigenvalue weighted by atomic mass is 9.99. The number of aryl methyl sites for hydroxylation is 2. The van der Waals surface area contributed by atoms with E-state index in [0.717, 1.165) is 27.6 Å². The van der Waals surface area contributed by atoms with Gasteiger partial charge >= 0.3 is 11.7 Å². The molecule has 7 nitrogen and oxygen atoms in total. The summed E-state index contributed by atoms with van der Waals surface area (Å²) in [7, 11) is 0. The summed E-state index contributed by atoms with van der Waals surface area (Å²) < 4.78 is 16.7. The summed E-state index contributed by atoms with van der Waals surface area (Å²) >= 11 is 0. The van der Waals surface area contributed by atoms with E-state index in [1.165, 1.54) is 28.8 Å². The largest absolute Gasteiger partial charge is 0.481 e. The van der Waals surface area contributed by atoms with Gasteiger partial charge in [-0.25, -0.2) is 9.18 Å². The third-order valence-electron chi connectivity index (χ3n) is 7.22. The number of carboxylic acid groups (broad SMARTS) is 1. The van der Waals surface area contributed by atoms with Gasteiger partial charge in [-0.3, -0.25) is 13.9 Å². The number of hydrogen-bond donors (Lipinski definition) is 2. The fourth-order valence-corrected chi connectivity index (χ4v) is 5.20. The van der Waals surface area contributed by atoms with E-state index < -0.39 is 29.6 Å². The summed E-state index contributed by atoms with van der Waals surface area (Å²) in [5.41, 5.74) is 5.57. The van der Waals surface area contributed by atoms with Crippen molar-refractivity contribution in [3.8, 4) is 6.07 Å². The summed E-state index contributed by atoms with van der Waals surface area (Å²) in [4.78, 5) is 29.3. The SMILES string of the molecule is Cc1ccc2[nH]cc(C(C)n3c(=O)n(C(CC(=O)O)c4ccc(F)cc4)c4cc(C#N)ccc43)c2c1C. The number of aromatic nitrogens is 3. The highest BCUT2D eigenvalue weighted by Gasteiger charge is 2.28. The quantitative estimate of drug-likeness (QED) is 0.320. The number of H-pyrrole nitrogens is 1. The average Bonchev–Trinajstić information content (AvgIpc) is 3.43. The van der Waals surface area contributed by atoms with Crippen molar-refractivity contribution in [2.45, 2.75) is 39.3 Å². The van der Waals surface area contributed by atoms with Gasteiger partial charge in [-0.05, 0) is 73.9 Å². The smallest absolute Gasteiger partial charge is 0.330 e. The Morgan fingerprint density at radius 3 is 2.49 bits per heavy atom. The van der Waals surface area contributed by atoms with Crippen LogP contribution in [0.3, 0.4) is 0 Å². The molecule has 2 atom stereocenters. The van der Waals surface area contributed by atoms with Crippen LogP contribution in [0.2, 0.25) is 0 Å². The fraction of sp³-hybridized carbons (Fsp3) is 0.207. The molecule has 0 saturated carbocycles. The van der Waals surface area contributed by atoms with E-state index in [1.54, 1.807) is 22.8 Å². The third kappa shape index (κ3) is 3.99. The Kier molecular flexibility index (Phi) is 5.92. The highest BCUT2D eigenvalue weighted by Crippen LogP contribution is 2.34. The van der Waals surface area contributed by atoms with Crippen LogP contribution in [-0.4, -0.2) is 25.2 Å². The monoisotopic (exact) mass is 496 g/mol. The molecule has 37 heavy (non-hydrogen) atoms. The number of nitriles is 1. The van der Waals surface area contributed by atoms with E-state index in [-0.39, 0.29) is 6.42 Å². The Hall–Kier alpha value is -4.64. The highest BCUT2D eigenvalue weighted by molar-refractivity contribution is 5.88. The van der Waals surface area contributed by atoms with Gasteiger partial charge in [0.05, 0.1) is 41.2 Å². The Bertz CT molecular complexity index is 1770. The molecule has 0 aliphatic heterocycles. The van der Waals surface area contributed by atoms with E-state index in [2.05, 4.69) is 11.1 Å². The van der Waals surface area contributed by atoms with Crippen LogP contribution in [0.25, 0.3) is 21.9 Å². The number of hydrogen-bond acceptors (Lipinski definition) is 3. The molecule has 5 aromatic rings. The molecule has 2 unspecified atom stereocenters. The third-order valence-corrected chi connectivity index (χ3v) is 7.22. The number of carboxylic acids is 1. The number of aliphatic carboxylic acids is 1. The summed E-state index contributed by atoms with van der Waals surface area (Å²) in [5.74, 6) is -1.56. The van der Waals surface area contributed by atoms with E-state index in [1.807, 2.05) is 39.1 Å². The van der Waals surface area contributed by atoms with Crippen molar-refractivity contribution in [2.24, 2.45) is 0 Å². The van der Waals surface area contributed by atoms with Crippen molar-refractivity contribution in [2.75, 3.05) is 0 Å². The van der Waals surface area contributed by atoms with Crippen LogP contribution in [0.15, 0.2) is 65.6 Å². The number of benzene rings is 3. The molecule has 186 valence electrons. The maximum absolute atomic E-state index is 14.1. The van der Waals surface area contributed by atoms with Crippen LogP contribution < -0.4 is 5.69 Å². The Labute approximate surface area is 212 Å². The zero-order chi connectivity index (χ0) is 26.4. The number of nitrogens with zero attached hydrogens (tertiary/aromatic N) is 3. The first-order chi connectivity index (χ1) is 17.7. The molecular weight excluding hydrogens is 471 g/mol. The van der Waals surface area contributed by atoms with Crippen LogP contribution >= 0.6 is 0 Å². The van der Waals surface area contributed by atoms with Crippen LogP contribution in [-0.2, 0) is 4.79 Å². The molecule has 8 heteroatoms. The standard InChI is InChI=1S/C29H25FN4O3/c1-16-4-10-23-28(17(16)2)22(15-32-23)18(3)33-24-11-5-19(14-31)12-26(24)34(29(33)37)25(13-27(35)36)20-6-8-21(30)9-7-20/h4-12,15,18,25,32H,13H2,1-3H3,(H,35,36).